The van der Waals surface area contributed by atoms with Crippen molar-refractivity contribution in [2.24, 2.45) is 4.99 Å². The molecule has 8 nitrogen and oxygen atoms in total. The van der Waals surface area contributed by atoms with Gasteiger partial charge in [-0.15, -0.1) is 0 Å². The van der Waals surface area contributed by atoms with Crippen molar-refractivity contribution >= 4 is 84.1 Å². The van der Waals surface area contributed by atoms with Gasteiger partial charge in [-0.3, -0.25) is 9.36 Å². The van der Waals surface area contributed by atoms with Crippen LogP contribution >= 0.6 is 66.4 Å². The van der Waals surface area contributed by atoms with Gasteiger partial charge in [0.25, 0.3) is 5.56 Å². The van der Waals surface area contributed by atoms with Crippen LogP contribution in [0.25, 0.3) is 11.8 Å². The van der Waals surface area contributed by atoms with Crippen molar-refractivity contribution in [3.05, 3.63) is 145 Å². The predicted octanol–water partition coefficient (Wildman–Crippen LogP) is 8.36. The fourth-order valence-corrected chi connectivity index (χ4v) is 8.43. The van der Waals surface area contributed by atoms with Gasteiger partial charge >= 0.3 is 5.97 Å². The van der Waals surface area contributed by atoms with Crippen molar-refractivity contribution in [1.82, 2.24) is 4.57 Å². The summed E-state index contributed by atoms with van der Waals surface area (Å²) in [4.78, 5) is 33.5. The van der Waals surface area contributed by atoms with E-state index >= 15 is 0 Å². The molecule has 1 aliphatic rings. The molecule has 0 N–H and O–H groups in total. The minimum absolute atomic E-state index is 0.143. The summed E-state index contributed by atoms with van der Waals surface area (Å²) < 4.78 is 26.0. The van der Waals surface area contributed by atoms with Gasteiger partial charge in [0, 0.05) is 21.2 Å². The molecule has 2 heterocycles. The number of nitrogens with zero attached hydrogens (tertiary/aromatic N) is 2. The normalized spacial score (nSPS) is 14.2. The fraction of sp³-hybridized carbons (Fsp3) is 0.162. The predicted molar refractivity (Wildman–Crippen MR) is 203 cm³/mol. The van der Waals surface area contributed by atoms with E-state index in [1.54, 1.807) is 50.4 Å². The highest BCUT2D eigenvalue weighted by atomic mass is 79.9. The van der Waals surface area contributed by atoms with Gasteiger partial charge < -0.3 is 18.9 Å². The fourth-order valence-electron chi connectivity index (χ4n) is 5.52. The molecule has 1 aromatic heterocycles. The average molecular weight is 859 g/mol. The maximum atomic E-state index is 14.4. The van der Waals surface area contributed by atoms with Crippen LogP contribution in [-0.4, -0.2) is 31.4 Å². The van der Waals surface area contributed by atoms with Crippen LogP contribution in [0.1, 0.15) is 35.2 Å². The first-order valence-electron chi connectivity index (χ1n) is 15.2. The van der Waals surface area contributed by atoms with E-state index in [4.69, 9.17) is 47.1 Å². The Hall–Kier alpha value is -3.87. The zero-order valence-electron chi connectivity index (χ0n) is 26.8. The Morgan fingerprint density at radius 3 is 2.34 bits per heavy atom. The number of benzene rings is 4. The first-order valence-corrected chi connectivity index (χ1v) is 18.4. The number of carbonyl (C=O) groups is 1. The lowest BCUT2D eigenvalue weighted by molar-refractivity contribution is -0.138. The van der Waals surface area contributed by atoms with E-state index < -0.39 is 12.0 Å². The van der Waals surface area contributed by atoms with Crippen LogP contribution in [0.3, 0.4) is 0 Å². The third-order valence-electron chi connectivity index (χ3n) is 7.80. The molecular formula is C37H28Br2Cl2N2O6S. The maximum Gasteiger partial charge on any atom is 0.338 e. The van der Waals surface area contributed by atoms with Crippen LogP contribution in [0, 0.1) is 0 Å². The van der Waals surface area contributed by atoms with E-state index in [1.165, 1.54) is 23.0 Å². The lowest BCUT2D eigenvalue weighted by atomic mass is 9.93. The Balaban J connectivity index is 1.49. The van der Waals surface area contributed by atoms with Crippen LogP contribution in [0.2, 0.25) is 10.0 Å². The highest BCUT2D eigenvalue weighted by Crippen LogP contribution is 2.39. The molecular weight excluding hydrogens is 831 g/mol. The number of aromatic nitrogens is 1. The topological polar surface area (TPSA) is 88.4 Å². The Bertz CT molecular complexity index is 2300. The number of methoxy groups -OCH3 is 2. The molecule has 0 amide bonds. The van der Waals surface area contributed by atoms with Gasteiger partial charge in [0.15, 0.2) is 16.3 Å². The van der Waals surface area contributed by atoms with Crippen LogP contribution < -0.4 is 29.1 Å². The molecule has 0 bridgehead atoms. The Kier molecular flexibility index (Phi) is 11.2. The molecule has 5 aromatic rings. The van der Waals surface area contributed by atoms with E-state index in [2.05, 4.69) is 31.9 Å². The summed E-state index contributed by atoms with van der Waals surface area (Å²) in [5.74, 6) is 0.944. The highest BCUT2D eigenvalue weighted by molar-refractivity contribution is 9.11. The maximum absolute atomic E-state index is 14.4. The van der Waals surface area contributed by atoms with E-state index in [-0.39, 0.29) is 24.3 Å². The molecule has 256 valence electrons. The zero-order chi connectivity index (χ0) is 35.5. The lowest BCUT2D eigenvalue weighted by Crippen LogP contribution is -2.40. The number of thiazole rings is 1. The molecule has 1 aliphatic heterocycles. The number of hydrogen-bond acceptors (Lipinski definition) is 8. The number of ether oxygens (including phenoxy) is 4. The van der Waals surface area contributed by atoms with Gasteiger partial charge in [0.2, 0.25) is 0 Å². The summed E-state index contributed by atoms with van der Waals surface area (Å²) in [5.41, 5.74) is 3.16. The Morgan fingerprint density at radius 2 is 1.68 bits per heavy atom. The second-order valence-corrected chi connectivity index (χ2v) is 14.4. The largest absolute Gasteiger partial charge is 0.493 e. The summed E-state index contributed by atoms with van der Waals surface area (Å²) >= 11 is 20.8. The SMILES string of the molecule is CCOC(=O)C1=C(c2ccccc2)N=c2s/c(=C\c3cc(Br)c(OCc4ccc(Cl)cc4Cl)c(Br)c3)c(=O)n2[C@@H]1c1ccc(OC)c(OC)c1. The van der Waals surface area contributed by atoms with Gasteiger partial charge in [0.1, 0.15) is 12.4 Å². The second kappa shape index (κ2) is 15.6. The van der Waals surface area contributed by atoms with Crippen molar-refractivity contribution in [2.45, 2.75) is 19.6 Å². The molecule has 0 spiro atoms. The summed E-state index contributed by atoms with van der Waals surface area (Å²) in [7, 11) is 3.08. The van der Waals surface area contributed by atoms with Crippen molar-refractivity contribution in [2.75, 3.05) is 20.8 Å². The lowest BCUT2D eigenvalue weighted by Gasteiger charge is -2.26. The third-order valence-corrected chi connectivity index (χ3v) is 10.6. The molecule has 6 rings (SSSR count). The molecule has 13 heteroatoms. The summed E-state index contributed by atoms with van der Waals surface area (Å²) in [6, 6.07) is 22.7. The van der Waals surface area contributed by atoms with Crippen molar-refractivity contribution < 1.29 is 23.7 Å². The molecule has 0 fully saturated rings. The molecule has 0 aliphatic carbocycles. The minimum atomic E-state index is -0.878. The van der Waals surface area contributed by atoms with E-state index in [0.717, 1.165) is 11.1 Å². The van der Waals surface area contributed by atoms with E-state index in [1.807, 2.05) is 48.5 Å². The average Bonchev–Trinajstić information content (AvgIpc) is 3.41. The van der Waals surface area contributed by atoms with Crippen molar-refractivity contribution in [1.29, 1.82) is 0 Å². The van der Waals surface area contributed by atoms with E-state index in [0.29, 0.717) is 62.4 Å². The van der Waals surface area contributed by atoms with Gasteiger partial charge in [-0.25, -0.2) is 9.79 Å². The number of rotatable bonds is 10. The molecule has 4 aromatic carbocycles. The van der Waals surface area contributed by atoms with Crippen molar-refractivity contribution in [3.63, 3.8) is 0 Å². The van der Waals surface area contributed by atoms with Crippen LogP contribution in [0.15, 0.2) is 103 Å². The number of hydrogen-bond donors (Lipinski definition) is 0. The molecule has 0 radical (unpaired) electrons. The number of fused-ring (bicyclic) bond motifs is 1. The smallest absolute Gasteiger partial charge is 0.338 e. The summed E-state index contributed by atoms with van der Waals surface area (Å²) in [6.07, 6.45) is 1.78. The highest BCUT2D eigenvalue weighted by Gasteiger charge is 2.35. The first-order chi connectivity index (χ1) is 24.1. The second-order valence-electron chi connectivity index (χ2n) is 10.9. The molecule has 0 unspecified atom stereocenters. The number of halogens is 4. The first kappa shape index (κ1) is 35.9. The summed E-state index contributed by atoms with van der Waals surface area (Å²) in [6.45, 7) is 2.10. The quantitative estimate of drug-likeness (QED) is 0.131. The number of carbonyl (C=O) groups excluding carboxylic acids is 1. The molecule has 0 saturated heterocycles. The van der Waals surface area contributed by atoms with Crippen molar-refractivity contribution in [3.8, 4) is 17.2 Å². The number of esters is 1. The van der Waals surface area contributed by atoms with Gasteiger partial charge in [0.05, 0.1) is 51.6 Å². The molecule has 1 atom stereocenters. The van der Waals surface area contributed by atoms with Gasteiger partial charge in [-0.2, -0.15) is 0 Å². The van der Waals surface area contributed by atoms with E-state index in [9.17, 15) is 9.59 Å². The monoisotopic (exact) mass is 856 g/mol. The minimum Gasteiger partial charge on any atom is -0.493 e. The van der Waals surface area contributed by atoms with Crippen LogP contribution in [0.4, 0.5) is 0 Å². The van der Waals surface area contributed by atoms with Crippen LogP contribution in [-0.2, 0) is 16.1 Å². The van der Waals surface area contributed by atoms with Gasteiger partial charge in [-0.05, 0) is 92.4 Å². The zero-order valence-corrected chi connectivity index (χ0v) is 32.3. The molecule has 50 heavy (non-hydrogen) atoms. The third kappa shape index (κ3) is 7.29. The standard InChI is InChI=1S/C37H28Br2Cl2N2O6S/c1-4-48-36(45)31-32(21-8-6-5-7-9-21)42-37-43(33(31)22-11-13-28(46-2)29(17-22)47-3)35(44)30(50-37)16-20-14-25(38)34(26(39)15-20)49-19-23-10-12-24(40)18-27(23)41/h5-18,33H,4,19H2,1-3H3/b30-16-/t33-/m1/s1. The Morgan fingerprint density at radius 1 is 0.960 bits per heavy atom. The summed E-state index contributed by atoms with van der Waals surface area (Å²) in [5, 5.41) is 1.05. The Labute approximate surface area is 318 Å². The van der Waals surface area contributed by atoms with Crippen LogP contribution in [0.5, 0.6) is 17.2 Å². The van der Waals surface area contributed by atoms with Gasteiger partial charge in [-0.1, -0.05) is 77.0 Å². The molecule has 0 saturated carbocycles.